The first kappa shape index (κ1) is 45.4. The molecule has 1 rings (SSSR count). The molecule has 0 aliphatic carbocycles. The first-order valence-electron chi connectivity index (χ1n) is 16.1. The van der Waals surface area contributed by atoms with Crippen molar-refractivity contribution < 1.29 is 83.5 Å². The lowest BCUT2D eigenvalue weighted by Gasteiger charge is -2.42. The lowest BCUT2D eigenvalue weighted by atomic mass is 9.97. The van der Waals surface area contributed by atoms with Crippen LogP contribution in [-0.4, -0.2) is 179 Å². The normalized spacial score (nSPS) is 23.1. The Kier molecular flexibility index (Phi) is 21.2. The fraction of sp³-hybridized carbons (Fsp3) is 0.793. The average molecular weight is 742 g/mol. The van der Waals surface area contributed by atoms with E-state index in [-0.39, 0.29) is 32.4 Å². The number of hydrogen-bond donors (Lipinski definition) is 12. The molecule has 1 aliphatic heterocycles. The minimum absolute atomic E-state index is 0.0143. The molecule has 0 spiro atoms. The molecule has 1 fully saturated rings. The second kappa shape index (κ2) is 23.8. The van der Waals surface area contributed by atoms with Crippen molar-refractivity contribution in [2.45, 2.75) is 101 Å². The first-order chi connectivity index (χ1) is 24.0. The number of aliphatic carboxylic acids is 1. The van der Waals surface area contributed by atoms with Gasteiger partial charge in [0.1, 0.15) is 62.4 Å². The highest BCUT2D eigenvalue weighted by atomic mass is 16.7. The predicted molar refractivity (Wildman–Crippen MR) is 169 cm³/mol. The number of hydrogen-bond acceptors (Lipinski definition) is 16. The maximum Gasteiger partial charge on any atom is 0.322 e. The van der Waals surface area contributed by atoms with Gasteiger partial charge in [0.25, 0.3) is 0 Å². The molecule has 9 unspecified atom stereocenters. The van der Waals surface area contributed by atoms with E-state index in [9.17, 15) is 59.4 Å². The maximum atomic E-state index is 12.7. The molecule has 0 aromatic rings. The molecule has 0 radical (unpaired) electrons. The second-order valence-electron chi connectivity index (χ2n) is 11.6. The van der Waals surface area contributed by atoms with Crippen molar-refractivity contribution in [2.75, 3.05) is 46.1 Å². The average Bonchev–Trinajstić information content (AvgIpc) is 3.07. The molecule has 10 atom stereocenters. The number of aliphatic hydroxyl groups excluding tert-OH is 6. The topological polar surface area (TPSA) is 341 Å². The summed E-state index contributed by atoms with van der Waals surface area (Å²) in [5.74, 6) is -4.72. The molecule has 1 heterocycles. The van der Waals surface area contributed by atoms with E-state index >= 15 is 0 Å². The van der Waals surface area contributed by atoms with Gasteiger partial charge in [-0.25, -0.2) is 0 Å². The Morgan fingerprint density at radius 3 is 2.14 bits per heavy atom. The fourth-order valence-corrected chi connectivity index (χ4v) is 4.59. The van der Waals surface area contributed by atoms with Gasteiger partial charge in [-0.15, -0.1) is 0 Å². The van der Waals surface area contributed by atoms with E-state index in [0.717, 1.165) is 6.92 Å². The summed E-state index contributed by atoms with van der Waals surface area (Å²) in [5, 5.41) is 79.8. The van der Waals surface area contributed by atoms with Crippen LogP contribution in [0.15, 0.2) is 0 Å². The van der Waals surface area contributed by atoms with Crippen LogP contribution in [-0.2, 0) is 47.7 Å². The van der Waals surface area contributed by atoms with Crippen LogP contribution in [0.5, 0.6) is 0 Å². The molecule has 294 valence electrons. The van der Waals surface area contributed by atoms with E-state index in [0.29, 0.717) is 0 Å². The number of rotatable bonds is 24. The van der Waals surface area contributed by atoms with Crippen molar-refractivity contribution in [3.8, 4) is 0 Å². The predicted octanol–water partition coefficient (Wildman–Crippen LogP) is -6.48. The zero-order valence-corrected chi connectivity index (χ0v) is 28.6. The molecule has 0 bridgehead atoms. The smallest absolute Gasteiger partial charge is 0.322 e. The van der Waals surface area contributed by atoms with Gasteiger partial charge in [0.2, 0.25) is 29.5 Å². The van der Waals surface area contributed by atoms with Crippen LogP contribution < -0.4 is 26.6 Å². The quantitative estimate of drug-likeness (QED) is 0.0323. The molecule has 51 heavy (non-hydrogen) atoms. The Morgan fingerprint density at radius 2 is 1.57 bits per heavy atom. The number of carboxylic acid groups (broad SMARTS) is 1. The van der Waals surface area contributed by atoms with Crippen LogP contribution in [0, 0.1) is 0 Å². The van der Waals surface area contributed by atoms with E-state index in [1.807, 2.05) is 0 Å². The third-order valence-electron chi connectivity index (χ3n) is 7.24. The molecule has 0 saturated carbocycles. The van der Waals surface area contributed by atoms with Gasteiger partial charge in [-0.05, 0) is 26.2 Å². The van der Waals surface area contributed by atoms with E-state index in [1.165, 1.54) is 13.8 Å². The number of nitrogens with one attached hydrogen (secondary N) is 5. The number of amides is 5. The minimum atomic E-state index is -1.56. The molecule has 22 heteroatoms. The summed E-state index contributed by atoms with van der Waals surface area (Å²) >= 11 is 0. The monoisotopic (exact) mass is 741 g/mol. The number of ether oxygens (including phenoxy) is 4. The molecule has 22 nitrogen and oxygen atoms in total. The number of carbonyl (C=O) groups is 6. The largest absolute Gasteiger partial charge is 0.480 e. The summed E-state index contributed by atoms with van der Waals surface area (Å²) in [7, 11) is 0. The summed E-state index contributed by atoms with van der Waals surface area (Å²) in [6.07, 6.45) is -10.8. The highest BCUT2D eigenvalue weighted by Gasteiger charge is 2.45. The van der Waals surface area contributed by atoms with Crippen molar-refractivity contribution in [2.24, 2.45) is 0 Å². The molecule has 1 aliphatic rings. The van der Waals surface area contributed by atoms with Gasteiger partial charge in [-0.1, -0.05) is 0 Å². The third kappa shape index (κ3) is 17.5. The van der Waals surface area contributed by atoms with Gasteiger partial charge >= 0.3 is 5.97 Å². The molecule has 12 N–H and O–H groups in total. The van der Waals surface area contributed by atoms with Crippen LogP contribution in [0.2, 0.25) is 0 Å². The van der Waals surface area contributed by atoms with Crippen molar-refractivity contribution in [1.82, 2.24) is 26.6 Å². The number of aliphatic hydroxyl groups is 6. The number of carboxylic acids is 1. The molecular weight excluding hydrogens is 690 g/mol. The van der Waals surface area contributed by atoms with E-state index in [4.69, 9.17) is 24.1 Å². The Hall–Kier alpha value is -3.58. The molecule has 1 saturated heterocycles. The molecule has 0 aromatic heterocycles. The highest BCUT2D eigenvalue weighted by molar-refractivity contribution is 5.89. The van der Waals surface area contributed by atoms with Gasteiger partial charge in [0.05, 0.1) is 25.9 Å². The lowest BCUT2D eigenvalue weighted by Crippen LogP contribution is -2.64. The van der Waals surface area contributed by atoms with Crippen LogP contribution in [0.25, 0.3) is 0 Å². The minimum Gasteiger partial charge on any atom is -0.480 e. The Labute approximate surface area is 293 Å². The Balaban J connectivity index is 2.71. The summed E-state index contributed by atoms with van der Waals surface area (Å²) in [5.41, 5.74) is 0. The van der Waals surface area contributed by atoms with Crippen molar-refractivity contribution in [3.63, 3.8) is 0 Å². The van der Waals surface area contributed by atoms with Gasteiger partial charge in [0.15, 0.2) is 12.6 Å². The van der Waals surface area contributed by atoms with E-state index < -0.39 is 130 Å². The van der Waals surface area contributed by atoms with Crippen LogP contribution >= 0.6 is 0 Å². The summed E-state index contributed by atoms with van der Waals surface area (Å²) in [4.78, 5) is 71.6. The van der Waals surface area contributed by atoms with Gasteiger partial charge in [-0.2, -0.15) is 0 Å². The van der Waals surface area contributed by atoms with Crippen molar-refractivity contribution in [1.29, 1.82) is 0 Å². The summed E-state index contributed by atoms with van der Waals surface area (Å²) in [6.45, 7) is -0.138. The molecule has 0 aromatic carbocycles. The van der Waals surface area contributed by atoms with Gasteiger partial charge in [-0.3, -0.25) is 28.8 Å². The van der Waals surface area contributed by atoms with Gasteiger partial charge < -0.3 is 81.3 Å². The fourth-order valence-electron chi connectivity index (χ4n) is 4.59. The maximum absolute atomic E-state index is 12.7. The molecular formula is C29H51N5O17. The number of carbonyl (C=O) groups excluding carboxylic acids is 5. The van der Waals surface area contributed by atoms with Crippen LogP contribution in [0.4, 0.5) is 0 Å². The van der Waals surface area contributed by atoms with E-state index in [1.54, 1.807) is 0 Å². The Bertz CT molecular complexity index is 1130. The van der Waals surface area contributed by atoms with Gasteiger partial charge in [0, 0.05) is 20.4 Å². The summed E-state index contributed by atoms with van der Waals surface area (Å²) < 4.78 is 21.6. The first-order valence-corrected chi connectivity index (χ1v) is 16.1. The standard InChI is InChI=1S/C29H51N5O17/c1-14(37)25(44)18(10-35)50-23(9-31-15(2)38)48-13-21(41)34-17(28(47)32-8-22(42)43)6-4-5-7-30-20(40)12-49-29-24(33-16(3)39)27(46)26(45)19(11-36)51-29/h14,17-19,23-27,29,35-37,44-46H,4-13H2,1-3H3,(H,30,40)(H,31,38)(H,32,47)(H,33,39)(H,34,41)(H,42,43)/t14?,17-,18?,19?,23?,24?,25?,26?,27?,29?/m0/s1. The SMILES string of the molecule is CC(=O)NCC(OCC(=O)N[C@@H](CCCCNC(=O)COC1OC(CO)C(O)C(O)C1NC(C)=O)C(=O)NCC(=O)O)OC(CO)C(O)C(C)O. The van der Waals surface area contributed by atoms with Crippen molar-refractivity contribution in [3.05, 3.63) is 0 Å². The molecule has 5 amide bonds. The van der Waals surface area contributed by atoms with Crippen molar-refractivity contribution >= 4 is 35.5 Å². The Morgan fingerprint density at radius 1 is 0.882 bits per heavy atom. The number of unbranched alkanes of at least 4 members (excludes halogenated alkanes) is 1. The second-order valence-corrected chi connectivity index (χ2v) is 11.6. The summed E-state index contributed by atoms with van der Waals surface area (Å²) in [6, 6.07) is -2.49. The van der Waals surface area contributed by atoms with Crippen LogP contribution in [0.3, 0.4) is 0 Å². The van der Waals surface area contributed by atoms with E-state index in [2.05, 4.69) is 26.6 Å². The lowest BCUT2D eigenvalue weighted by molar-refractivity contribution is -0.268. The highest BCUT2D eigenvalue weighted by Crippen LogP contribution is 2.22. The zero-order valence-electron chi connectivity index (χ0n) is 28.6. The van der Waals surface area contributed by atoms with Crippen LogP contribution in [0.1, 0.15) is 40.0 Å². The zero-order chi connectivity index (χ0) is 38.7. The third-order valence-corrected chi connectivity index (χ3v) is 7.24.